The molecule has 0 radical (unpaired) electrons. The lowest BCUT2D eigenvalue weighted by atomic mass is 9.85. The third-order valence-corrected chi connectivity index (χ3v) is 9.21. The third-order valence-electron chi connectivity index (χ3n) is 9.21. The SMILES string of the molecule is [2H]c1c([2H])c([2H])c(-c2c3c([2H])c([2H])c([2H])c([2H])c3c(-c3ccc(-c4cccc5oc6cc(-c7cccc8ccccc78)ccc6c45)cc3)c3c([2H])c([2H])c([2H])c([2H])c23)c([2H])c1[2H]. The zero-order valence-corrected chi connectivity index (χ0v) is 25.7. The van der Waals surface area contributed by atoms with Crippen LogP contribution in [0.25, 0.3) is 98.8 Å². The summed E-state index contributed by atoms with van der Waals surface area (Å²) in [7, 11) is 0. The van der Waals surface area contributed by atoms with Gasteiger partial charge in [-0.3, -0.25) is 0 Å². The van der Waals surface area contributed by atoms with Gasteiger partial charge in [-0.15, -0.1) is 0 Å². The topological polar surface area (TPSA) is 13.1 Å². The molecule has 0 saturated carbocycles. The maximum absolute atomic E-state index is 9.24. The van der Waals surface area contributed by atoms with Crippen LogP contribution in [-0.4, -0.2) is 0 Å². The fourth-order valence-corrected chi connectivity index (χ4v) is 7.07. The molecule has 49 heavy (non-hydrogen) atoms. The van der Waals surface area contributed by atoms with Gasteiger partial charge in [0.1, 0.15) is 11.2 Å². The Morgan fingerprint density at radius 2 is 0.939 bits per heavy atom. The first kappa shape index (κ1) is 17.6. The van der Waals surface area contributed by atoms with Crippen LogP contribution in [0.15, 0.2) is 186 Å². The molecule has 0 aliphatic rings. The highest BCUT2D eigenvalue weighted by Crippen LogP contribution is 2.45. The van der Waals surface area contributed by atoms with Crippen molar-refractivity contribution in [2.24, 2.45) is 0 Å². The molecule has 0 bridgehead atoms. The van der Waals surface area contributed by atoms with Gasteiger partial charge in [0.15, 0.2) is 0 Å². The summed E-state index contributed by atoms with van der Waals surface area (Å²) in [6, 6.07) is 25.1. The van der Waals surface area contributed by atoms with E-state index in [9.17, 15) is 5.48 Å². The third kappa shape index (κ3) is 4.40. The number of hydrogen-bond acceptors (Lipinski definition) is 1. The second kappa shape index (κ2) is 11.1. The average Bonchev–Trinajstić information content (AvgIpc) is 3.67. The van der Waals surface area contributed by atoms with Crippen LogP contribution in [0.4, 0.5) is 0 Å². The average molecular weight is 636 g/mol. The van der Waals surface area contributed by atoms with Crippen LogP contribution in [0.1, 0.15) is 17.8 Å². The number of hydrogen-bond donors (Lipinski definition) is 0. The van der Waals surface area contributed by atoms with E-state index in [-0.39, 0.29) is 32.7 Å². The van der Waals surface area contributed by atoms with Crippen molar-refractivity contribution in [3.8, 4) is 44.5 Å². The predicted molar refractivity (Wildman–Crippen MR) is 208 cm³/mol. The molecule has 10 rings (SSSR count). The van der Waals surface area contributed by atoms with Gasteiger partial charge < -0.3 is 4.42 Å². The summed E-state index contributed by atoms with van der Waals surface area (Å²) < 4.78 is 121. The Labute approximate surface area is 302 Å². The van der Waals surface area contributed by atoms with E-state index in [1.807, 2.05) is 60.7 Å². The standard InChI is InChI=1S/C48H30O/c1-2-13-33(14-3-1)46-39-17-6-8-19-41(39)47(42-20-9-7-18-40(42)46)34-26-24-32(25-27-34)38-22-11-23-44-48(38)43-29-28-35(30-45(43)49-44)37-21-10-15-31-12-4-5-16-36(31)37/h1-30H/i1D,2D,3D,6D,7D,8D,9D,13D,14D,17D,18D,19D,20D. The lowest BCUT2D eigenvalue weighted by molar-refractivity contribution is 0.669. The van der Waals surface area contributed by atoms with E-state index in [4.69, 9.17) is 16.8 Å². The van der Waals surface area contributed by atoms with E-state index in [0.717, 1.165) is 43.8 Å². The molecule has 1 nitrogen and oxygen atoms in total. The summed E-state index contributed by atoms with van der Waals surface area (Å²) in [5.74, 6) is 0. The van der Waals surface area contributed by atoms with E-state index in [1.54, 1.807) is 12.1 Å². The zero-order valence-electron chi connectivity index (χ0n) is 38.7. The van der Waals surface area contributed by atoms with Crippen LogP contribution in [0.3, 0.4) is 0 Å². The minimum atomic E-state index is -0.714. The Balaban J connectivity index is 1.23. The van der Waals surface area contributed by atoms with Crippen LogP contribution < -0.4 is 0 Å². The van der Waals surface area contributed by atoms with Gasteiger partial charge in [-0.25, -0.2) is 0 Å². The van der Waals surface area contributed by atoms with Gasteiger partial charge in [0, 0.05) is 10.8 Å². The molecular weight excluding hydrogens is 593 g/mol. The summed E-state index contributed by atoms with van der Waals surface area (Å²) in [5.41, 5.74) is 4.75. The predicted octanol–water partition coefficient (Wildman–Crippen LogP) is 13.7. The van der Waals surface area contributed by atoms with Gasteiger partial charge in [0.05, 0.1) is 17.8 Å². The van der Waals surface area contributed by atoms with Crippen molar-refractivity contribution in [3.63, 3.8) is 0 Å². The van der Waals surface area contributed by atoms with Crippen LogP contribution in [-0.2, 0) is 0 Å². The molecule has 0 aliphatic heterocycles. The maximum Gasteiger partial charge on any atom is 0.136 e. The Morgan fingerprint density at radius 1 is 0.367 bits per heavy atom. The van der Waals surface area contributed by atoms with Gasteiger partial charge in [-0.05, 0) is 95.0 Å². The normalized spacial score (nSPS) is 15.4. The maximum atomic E-state index is 9.24. The lowest BCUT2D eigenvalue weighted by Gasteiger charge is -2.18. The first-order valence-electron chi connectivity index (χ1n) is 22.3. The molecule has 0 aliphatic carbocycles. The monoisotopic (exact) mass is 635 g/mol. The number of furan rings is 1. The summed E-state index contributed by atoms with van der Waals surface area (Å²) in [6.07, 6.45) is 0. The van der Waals surface area contributed by atoms with Gasteiger partial charge in [-0.1, -0.05) is 163 Å². The number of fused-ring (bicyclic) bond motifs is 6. The molecular formula is C48H30O. The van der Waals surface area contributed by atoms with Crippen molar-refractivity contribution in [3.05, 3.63) is 182 Å². The van der Waals surface area contributed by atoms with Gasteiger partial charge in [0.25, 0.3) is 0 Å². The Kier molecular flexibility index (Phi) is 3.99. The lowest BCUT2D eigenvalue weighted by Crippen LogP contribution is -1.90. The minimum Gasteiger partial charge on any atom is -0.456 e. The Morgan fingerprint density at radius 3 is 1.67 bits per heavy atom. The molecule has 1 heteroatoms. The van der Waals surface area contributed by atoms with Crippen molar-refractivity contribution in [1.29, 1.82) is 0 Å². The smallest absolute Gasteiger partial charge is 0.136 e. The largest absolute Gasteiger partial charge is 0.456 e. The number of rotatable bonds is 4. The van der Waals surface area contributed by atoms with Crippen molar-refractivity contribution >= 4 is 54.3 Å². The van der Waals surface area contributed by atoms with Crippen molar-refractivity contribution in [2.45, 2.75) is 0 Å². The molecule has 0 amide bonds. The van der Waals surface area contributed by atoms with Crippen LogP contribution in [0, 0.1) is 0 Å². The summed E-state index contributed by atoms with van der Waals surface area (Å²) in [4.78, 5) is 0. The molecule has 0 atom stereocenters. The molecule has 0 unspecified atom stereocenters. The first-order valence-corrected chi connectivity index (χ1v) is 15.8. The molecule has 0 saturated heterocycles. The minimum absolute atomic E-state index is 0.0737. The van der Waals surface area contributed by atoms with Crippen molar-refractivity contribution < 1.29 is 22.2 Å². The van der Waals surface area contributed by atoms with Crippen molar-refractivity contribution in [2.75, 3.05) is 0 Å². The number of benzene rings is 9. The highest BCUT2D eigenvalue weighted by molar-refractivity contribution is 6.21. The second-order valence-corrected chi connectivity index (χ2v) is 11.8. The van der Waals surface area contributed by atoms with E-state index in [1.165, 1.54) is 0 Å². The van der Waals surface area contributed by atoms with Crippen LogP contribution in [0.2, 0.25) is 0 Å². The molecule has 1 heterocycles. The highest BCUT2D eigenvalue weighted by atomic mass is 16.3. The molecule has 1 aromatic heterocycles. The molecule has 0 fully saturated rings. The quantitative estimate of drug-likeness (QED) is 0.175. The van der Waals surface area contributed by atoms with Crippen LogP contribution in [0.5, 0.6) is 0 Å². The van der Waals surface area contributed by atoms with E-state index >= 15 is 0 Å². The highest BCUT2D eigenvalue weighted by Gasteiger charge is 2.18. The van der Waals surface area contributed by atoms with Gasteiger partial charge >= 0.3 is 0 Å². The Bertz CT molecular complexity index is 3500. The fourth-order valence-electron chi connectivity index (χ4n) is 7.07. The summed E-state index contributed by atoms with van der Waals surface area (Å²) >= 11 is 0. The zero-order chi connectivity index (χ0) is 43.6. The second-order valence-electron chi connectivity index (χ2n) is 11.8. The molecule has 0 N–H and O–H groups in total. The molecule has 10 aromatic rings. The molecule has 9 aromatic carbocycles. The summed E-state index contributed by atoms with van der Waals surface area (Å²) in [6.45, 7) is 0. The van der Waals surface area contributed by atoms with Gasteiger partial charge in [-0.2, -0.15) is 0 Å². The first-order chi connectivity index (χ1) is 29.7. The Hall–Kier alpha value is -6.44. The molecule has 0 spiro atoms. The van der Waals surface area contributed by atoms with Crippen molar-refractivity contribution in [1.82, 2.24) is 0 Å². The van der Waals surface area contributed by atoms with Gasteiger partial charge in [0.2, 0.25) is 0 Å². The van der Waals surface area contributed by atoms with Crippen LogP contribution >= 0.6 is 0 Å². The van der Waals surface area contributed by atoms with E-state index in [0.29, 0.717) is 16.7 Å². The fraction of sp³-hybridized carbons (Fsp3) is 0. The van der Waals surface area contributed by atoms with E-state index in [2.05, 4.69) is 30.3 Å². The summed E-state index contributed by atoms with van der Waals surface area (Å²) in [5, 5.41) is 3.28. The molecule has 228 valence electrons. The van der Waals surface area contributed by atoms with E-state index < -0.39 is 84.1 Å².